The molecule has 0 heterocycles. The van der Waals surface area contributed by atoms with Gasteiger partial charge in [-0.25, -0.2) is 4.39 Å². The Morgan fingerprint density at radius 3 is 2.75 bits per heavy atom. The van der Waals surface area contributed by atoms with Crippen molar-refractivity contribution in [2.24, 2.45) is 0 Å². The van der Waals surface area contributed by atoms with Crippen LogP contribution in [0.25, 0.3) is 0 Å². The van der Waals surface area contributed by atoms with Crippen molar-refractivity contribution in [1.29, 1.82) is 0 Å². The highest BCUT2D eigenvalue weighted by Gasteiger charge is 2.21. The Hall–Kier alpha value is -1.13. The fourth-order valence-electron chi connectivity index (χ4n) is 2.14. The minimum Gasteiger partial charge on any atom is -0.490 e. The molecule has 1 aliphatic carbocycles. The Kier molecular flexibility index (Phi) is 6.27. The van der Waals surface area contributed by atoms with Gasteiger partial charge in [0.2, 0.25) is 0 Å². The molecule has 0 aliphatic heterocycles. The molecule has 4 heteroatoms. The average molecular weight is 281 g/mol. The van der Waals surface area contributed by atoms with Crippen LogP contribution in [0, 0.1) is 5.82 Å². The van der Waals surface area contributed by atoms with Crippen molar-refractivity contribution in [2.45, 2.75) is 51.1 Å². The number of aliphatic hydroxyl groups excluding tert-OH is 1. The summed E-state index contributed by atoms with van der Waals surface area (Å²) in [5.41, 5.74) is 0.896. The zero-order valence-electron chi connectivity index (χ0n) is 11.9. The van der Waals surface area contributed by atoms with E-state index < -0.39 is 0 Å². The van der Waals surface area contributed by atoms with E-state index in [0.29, 0.717) is 24.9 Å². The third kappa shape index (κ3) is 5.10. The lowest BCUT2D eigenvalue weighted by Gasteiger charge is -2.13. The molecule has 1 aliphatic rings. The van der Waals surface area contributed by atoms with E-state index in [1.54, 1.807) is 6.07 Å². The van der Waals surface area contributed by atoms with Gasteiger partial charge in [0, 0.05) is 24.8 Å². The van der Waals surface area contributed by atoms with E-state index in [2.05, 4.69) is 5.32 Å². The van der Waals surface area contributed by atoms with E-state index in [9.17, 15) is 4.39 Å². The summed E-state index contributed by atoms with van der Waals surface area (Å²) < 4.78 is 19.5. The molecular formula is C16H24FNO2. The molecule has 20 heavy (non-hydrogen) atoms. The van der Waals surface area contributed by atoms with Crippen molar-refractivity contribution >= 4 is 0 Å². The molecular weight excluding hydrogens is 257 g/mol. The Bertz CT molecular complexity index is 407. The van der Waals surface area contributed by atoms with Gasteiger partial charge in [0.1, 0.15) is 0 Å². The molecule has 1 fully saturated rings. The molecule has 1 aromatic carbocycles. The van der Waals surface area contributed by atoms with Gasteiger partial charge in [-0.15, -0.1) is 0 Å². The molecule has 0 atom stereocenters. The first kappa shape index (κ1) is 15.3. The van der Waals surface area contributed by atoms with Crippen LogP contribution in [-0.4, -0.2) is 24.4 Å². The topological polar surface area (TPSA) is 41.5 Å². The average Bonchev–Trinajstić information content (AvgIpc) is 3.26. The Balaban J connectivity index is 1.78. The highest BCUT2D eigenvalue weighted by molar-refractivity contribution is 5.35. The number of halogens is 1. The van der Waals surface area contributed by atoms with Crippen molar-refractivity contribution in [3.8, 4) is 5.75 Å². The lowest BCUT2D eigenvalue weighted by molar-refractivity contribution is 0.268. The van der Waals surface area contributed by atoms with Crippen LogP contribution < -0.4 is 10.1 Å². The molecule has 0 radical (unpaired) electrons. The fraction of sp³-hybridized carbons (Fsp3) is 0.625. The first-order valence-corrected chi connectivity index (χ1v) is 7.55. The molecule has 0 unspecified atom stereocenters. The molecule has 0 bridgehead atoms. The molecule has 1 saturated carbocycles. The van der Waals surface area contributed by atoms with Crippen LogP contribution in [0.15, 0.2) is 18.2 Å². The molecule has 0 aromatic heterocycles. The van der Waals surface area contributed by atoms with Crippen LogP contribution in [0.2, 0.25) is 0 Å². The minimum absolute atomic E-state index is 0.241. The van der Waals surface area contributed by atoms with E-state index in [1.165, 1.54) is 18.9 Å². The Morgan fingerprint density at radius 2 is 2.00 bits per heavy atom. The highest BCUT2D eigenvalue weighted by Crippen LogP contribution is 2.25. The summed E-state index contributed by atoms with van der Waals surface area (Å²) in [5.74, 6) is 0.110. The quantitative estimate of drug-likeness (QED) is 0.648. The molecule has 1 aromatic rings. The lowest BCUT2D eigenvalue weighted by atomic mass is 10.2. The van der Waals surface area contributed by atoms with Crippen LogP contribution in [0.1, 0.15) is 44.1 Å². The first-order chi connectivity index (χ1) is 9.81. The summed E-state index contributed by atoms with van der Waals surface area (Å²) >= 11 is 0. The molecule has 3 nitrogen and oxygen atoms in total. The molecule has 0 saturated heterocycles. The summed E-state index contributed by atoms with van der Waals surface area (Å²) in [5, 5.41) is 12.1. The second-order valence-electron chi connectivity index (χ2n) is 5.37. The van der Waals surface area contributed by atoms with Crippen LogP contribution >= 0.6 is 0 Å². The number of benzene rings is 1. The van der Waals surface area contributed by atoms with Gasteiger partial charge in [-0.05, 0) is 38.2 Å². The largest absolute Gasteiger partial charge is 0.490 e. The lowest BCUT2D eigenvalue weighted by Crippen LogP contribution is -2.16. The van der Waals surface area contributed by atoms with Gasteiger partial charge < -0.3 is 15.2 Å². The predicted octanol–water partition coefficient (Wildman–Crippen LogP) is 3.01. The second kappa shape index (κ2) is 8.22. The standard InChI is InChI=1S/C16H24FNO2/c17-15-7-5-6-13(12-18-14-8-9-14)16(15)20-11-4-2-1-3-10-19/h5-7,14,18-19H,1-4,8-12H2. The number of para-hydroxylation sites is 1. The Morgan fingerprint density at radius 1 is 1.20 bits per heavy atom. The minimum atomic E-state index is -0.282. The fourth-order valence-corrected chi connectivity index (χ4v) is 2.14. The van der Waals surface area contributed by atoms with E-state index in [1.807, 2.05) is 6.07 Å². The van der Waals surface area contributed by atoms with Gasteiger partial charge in [0.25, 0.3) is 0 Å². The predicted molar refractivity (Wildman–Crippen MR) is 77.3 cm³/mol. The van der Waals surface area contributed by atoms with Crippen LogP contribution in [0.4, 0.5) is 4.39 Å². The van der Waals surface area contributed by atoms with Crippen molar-refractivity contribution in [3.05, 3.63) is 29.6 Å². The summed E-state index contributed by atoms with van der Waals surface area (Å²) in [7, 11) is 0. The summed E-state index contributed by atoms with van der Waals surface area (Å²) in [6, 6.07) is 5.69. The molecule has 0 amide bonds. The van der Waals surface area contributed by atoms with Crippen LogP contribution in [0.5, 0.6) is 5.75 Å². The number of unbranched alkanes of at least 4 members (excludes halogenated alkanes) is 3. The van der Waals surface area contributed by atoms with E-state index >= 15 is 0 Å². The zero-order chi connectivity index (χ0) is 14.2. The van der Waals surface area contributed by atoms with Crippen LogP contribution in [-0.2, 0) is 6.54 Å². The van der Waals surface area contributed by atoms with Gasteiger partial charge in [0.15, 0.2) is 11.6 Å². The second-order valence-corrected chi connectivity index (χ2v) is 5.37. The van der Waals surface area contributed by atoms with Crippen molar-refractivity contribution in [1.82, 2.24) is 5.32 Å². The number of aliphatic hydroxyl groups is 1. The van der Waals surface area contributed by atoms with Gasteiger partial charge in [-0.2, -0.15) is 0 Å². The summed E-state index contributed by atoms with van der Waals surface area (Å²) in [6.07, 6.45) is 6.16. The third-order valence-corrected chi connectivity index (χ3v) is 3.51. The van der Waals surface area contributed by atoms with Crippen LogP contribution in [0.3, 0.4) is 0 Å². The number of hydrogen-bond acceptors (Lipinski definition) is 3. The van der Waals surface area contributed by atoms with E-state index in [4.69, 9.17) is 9.84 Å². The highest BCUT2D eigenvalue weighted by atomic mass is 19.1. The number of rotatable bonds is 10. The zero-order valence-corrected chi connectivity index (χ0v) is 11.9. The Labute approximate surface area is 120 Å². The first-order valence-electron chi connectivity index (χ1n) is 7.55. The molecule has 0 spiro atoms. The maximum absolute atomic E-state index is 13.8. The normalized spacial score (nSPS) is 14.5. The molecule has 2 N–H and O–H groups in total. The van der Waals surface area contributed by atoms with Gasteiger partial charge in [0.05, 0.1) is 6.61 Å². The molecule has 2 rings (SSSR count). The third-order valence-electron chi connectivity index (χ3n) is 3.51. The summed E-state index contributed by atoms with van der Waals surface area (Å²) in [6.45, 7) is 1.44. The van der Waals surface area contributed by atoms with Crippen molar-refractivity contribution in [3.63, 3.8) is 0 Å². The maximum Gasteiger partial charge on any atom is 0.165 e. The smallest absolute Gasteiger partial charge is 0.165 e. The van der Waals surface area contributed by atoms with Crippen molar-refractivity contribution in [2.75, 3.05) is 13.2 Å². The van der Waals surface area contributed by atoms with Gasteiger partial charge in [-0.3, -0.25) is 0 Å². The number of ether oxygens (including phenoxy) is 1. The van der Waals surface area contributed by atoms with E-state index in [-0.39, 0.29) is 12.4 Å². The van der Waals surface area contributed by atoms with Crippen molar-refractivity contribution < 1.29 is 14.2 Å². The van der Waals surface area contributed by atoms with Gasteiger partial charge >= 0.3 is 0 Å². The van der Waals surface area contributed by atoms with Gasteiger partial charge in [-0.1, -0.05) is 18.6 Å². The number of hydrogen-bond donors (Lipinski definition) is 2. The summed E-state index contributed by atoms with van der Waals surface area (Å²) in [4.78, 5) is 0. The maximum atomic E-state index is 13.8. The monoisotopic (exact) mass is 281 g/mol. The molecule has 112 valence electrons. The number of nitrogens with one attached hydrogen (secondary N) is 1. The van der Waals surface area contributed by atoms with E-state index in [0.717, 1.165) is 31.2 Å². The SMILES string of the molecule is OCCCCCCOc1c(F)cccc1CNC1CC1.